The van der Waals surface area contributed by atoms with E-state index < -0.39 is 0 Å². The Morgan fingerprint density at radius 2 is 1.83 bits per heavy atom. The van der Waals surface area contributed by atoms with Crippen LogP contribution in [0.1, 0.15) is 31.4 Å². The van der Waals surface area contributed by atoms with Crippen molar-refractivity contribution in [3.8, 4) is 11.8 Å². The van der Waals surface area contributed by atoms with Crippen molar-refractivity contribution in [1.29, 1.82) is 0 Å². The Kier molecular flexibility index (Phi) is 5.66. The summed E-state index contributed by atoms with van der Waals surface area (Å²) in [6, 6.07) is 7.64. The highest BCUT2D eigenvalue weighted by Gasteiger charge is 1.96. The van der Waals surface area contributed by atoms with Crippen LogP contribution in [0.3, 0.4) is 0 Å². The van der Waals surface area contributed by atoms with Crippen molar-refractivity contribution in [2.45, 2.75) is 26.7 Å². The molecular weight excluding hydrogens is 226 g/mol. The Labute approximate surface area is 108 Å². The van der Waals surface area contributed by atoms with Gasteiger partial charge in [-0.25, -0.2) is 0 Å². The number of carbonyl (C=O) groups excluding carboxylic acids is 2. The molecule has 0 radical (unpaired) electrons. The molecule has 1 aromatic rings. The van der Waals surface area contributed by atoms with E-state index in [1.807, 2.05) is 24.3 Å². The van der Waals surface area contributed by atoms with E-state index in [0.29, 0.717) is 19.4 Å². The Hall–Kier alpha value is -2.08. The lowest BCUT2D eigenvalue weighted by atomic mass is 10.1. The number of hydrogen-bond donors (Lipinski definition) is 1. The second-order valence-corrected chi connectivity index (χ2v) is 4.11. The number of carbonyl (C=O) groups is 2. The fraction of sp³-hybridized carbons (Fsp3) is 0.333. The molecule has 94 valence electrons. The van der Waals surface area contributed by atoms with Crippen molar-refractivity contribution < 1.29 is 9.59 Å². The van der Waals surface area contributed by atoms with Gasteiger partial charge in [0.05, 0.1) is 0 Å². The molecule has 0 fully saturated rings. The third-order valence-corrected chi connectivity index (χ3v) is 2.26. The first kappa shape index (κ1) is 14.0. The number of rotatable bonds is 4. The van der Waals surface area contributed by atoms with E-state index in [1.165, 1.54) is 6.92 Å². The maximum atomic E-state index is 10.9. The molecule has 0 bridgehead atoms. The largest absolute Gasteiger partial charge is 0.355 e. The monoisotopic (exact) mass is 243 g/mol. The van der Waals surface area contributed by atoms with Gasteiger partial charge in [-0.3, -0.25) is 9.59 Å². The summed E-state index contributed by atoms with van der Waals surface area (Å²) < 4.78 is 0. The molecule has 0 atom stereocenters. The van der Waals surface area contributed by atoms with Crippen LogP contribution < -0.4 is 5.32 Å². The molecular formula is C15H17NO2. The fourth-order valence-electron chi connectivity index (χ4n) is 1.46. The van der Waals surface area contributed by atoms with E-state index >= 15 is 0 Å². The highest BCUT2D eigenvalue weighted by Crippen LogP contribution is 2.04. The van der Waals surface area contributed by atoms with Crippen LogP contribution in [0.15, 0.2) is 24.3 Å². The van der Waals surface area contributed by atoms with Crippen molar-refractivity contribution in [2.24, 2.45) is 0 Å². The highest BCUT2D eigenvalue weighted by molar-refractivity contribution is 5.78. The van der Waals surface area contributed by atoms with Gasteiger partial charge in [-0.05, 0) is 24.6 Å². The molecule has 3 nitrogen and oxygen atoms in total. The number of ketones is 1. The van der Waals surface area contributed by atoms with Crippen molar-refractivity contribution in [2.75, 3.05) is 6.54 Å². The van der Waals surface area contributed by atoms with Crippen LogP contribution in [-0.2, 0) is 16.0 Å². The molecule has 0 aliphatic rings. The Bertz CT molecular complexity index is 477. The molecule has 1 rings (SSSR count). The molecule has 18 heavy (non-hydrogen) atoms. The quantitative estimate of drug-likeness (QED) is 0.646. The third kappa shape index (κ3) is 5.86. The normalized spacial score (nSPS) is 9.22. The van der Waals surface area contributed by atoms with Crippen LogP contribution >= 0.6 is 0 Å². The van der Waals surface area contributed by atoms with Gasteiger partial charge in [0.1, 0.15) is 5.78 Å². The minimum Gasteiger partial charge on any atom is -0.355 e. The van der Waals surface area contributed by atoms with Gasteiger partial charge in [0.15, 0.2) is 0 Å². The Balaban J connectivity index is 2.46. The first-order chi connectivity index (χ1) is 8.58. The smallest absolute Gasteiger partial charge is 0.216 e. The Morgan fingerprint density at radius 1 is 1.17 bits per heavy atom. The van der Waals surface area contributed by atoms with Crippen molar-refractivity contribution in [3.05, 3.63) is 35.4 Å². The first-order valence-electron chi connectivity index (χ1n) is 5.89. The summed E-state index contributed by atoms with van der Waals surface area (Å²) >= 11 is 0. The summed E-state index contributed by atoms with van der Waals surface area (Å²) in [6.45, 7) is 3.64. The predicted octanol–water partition coefficient (Wildman–Crippen LogP) is 1.70. The molecule has 3 heteroatoms. The number of Topliss-reactive ketones (excluding diaryl/α,β-unsaturated/α-hetero) is 1. The summed E-state index contributed by atoms with van der Waals surface area (Å²) in [4.78, 5) is 21.6. The second kappa shape index (κ2) is 7.29. The zero-order chi connectivity index (χ0) is 13.4. The average molecular weight is 243 g/mol. The van der Waals surface area contributed by atoms with Crippen molar-refractivity contribution in [1.82, 2.24) is 5.32 Å². The van der Waals surface area contributed by atoms with Gasteiger partial charge in [0.2, 0.25) is 5.91 Å². The summed E-state index contributed by atoms with van der Waals surface area (Å²) in [5.74, 6) is 6.12. The van der Waals surface area contributed by atoms with Crippen molar-refractivity contribution >= 4 is 11.7 Å². The average Bonchev–Trinajstić information content (AvgIpc) is 2.30. The van der Waals surface area contributed by atoms with Crippen LogP contribution in [0.4, 0.5) is 0 Å². The summed E-state index contributed by atoms with van der Waals surface area (Å²) in [6.07, 6.45) is 1.10. The third-order valence-electron chi connectivity index (χ3n) is 2.26. The minimum absolute atomic E-state index is 0.0367. The molecule has 0 aromatic heterocycles. The summed E-state index contributed by atoms with van der Waals surface area (Å²) in [5, 5.41) is 2.68. The molecule has 0 spiro atoms. The number of hydrogen-bond acceptors (Lipinski definition) is 2. The molecule has 0 saturated heterocycles. The van der Waals surface area contributed by atoms with Crippen LogP contribution in [-0.4, -0.2) is 18.2 Å². The van der Waals surface area contributed by atoms with Gasteiger partial charge in [-0.15, -0.1) is 0 Å². The predicted molar refractivity (Wildman–Crippen MR) is 71.0 cm³/mol. The van der Waals surface area contributed by atoms with Crippen molar-refractivity contribution in [3.63, 3.8) is 0 Å². The second-order valence-electron chi connectivity index (χ2n) is 4.11. The van der Waals surface area contributed by atoms with E-state index in [9.17, 15) is 9.59 Å². The zero-order valence-electron chi connectivity index (χ0n) is 10.7. The first-order valence-corrected chi connectivity index (χ1v) is 5.89. The maximum Gasteiger partial charge on any atom is 0.216 e. The molecule has 1 aromatic carbocycles. The van der Waals surface area contributed by atoms with E-state index in [0.717, 1.165) is 11.1 Å². The van der Waals surface area contributed by atoms with E-state index in [4.69, 9.17) is 0 Å². The minimum atomic E-state index is -0.0367. The molecule has 1 N–H and O–H groups in total. The van der Waals surface area contributed by atoms with Gasteiger partial charge in [0, 0.05) is 31.9 Å². The zero-order valence-corrected chi connectivity index (χ0v) is 10.7. The van der Waals surface area contributed by atoms with Gasteiger partial charge in [0.25, 0.3) is 0 Å². The number of nitrogens with one attached hydrogen (secondary N) is 1. The molecule has 0 saturated carbocycles. The van der Waals surface area contributed by atoms with Gasteiger partial charge in [-0.2, -0.15) is 0 Å². The number of benzene rings is 1. The lowest BCUT2D eigenvalue weighted by molar-refractivity contribution is -0.119. The fourth-order valence-corrected chi connectivity index (χ4v) is 1.46. The SMILES string of the molecule is CC(=O)Cc1ccc(C#CCCNC(C)=O)cc1. The standard InChI is InChI=1S/C15H17NO2/c1-12(17)11-15-8-6-14(7-9-15)5-3-4-10-16-13(2)18/h6-9H,4,10-11H2,1-2H3,(H,16,18). The lowest BCUT2D eigenvalue weighted by Gasteiger charge is -1.97. The molecule has 0 aliphatic carbocycles. The van der Waals surface area contributed by atoms with Gasteiger partial charge >= 0.3 is 0 Å². The number of amides is 1. The lowest BCUT2D eigenvalue weighted by Crippen LogP contribution is -2.20. The van der Waals surface area contributed by atoms with Gasteiger partial charge < -0.3 is 5.32 Å². The van der Waals surface area contributed by atoms with E-state index in [-0.39, 0.29) is 11.7 Å². The van der Waals surface area contributed by atoms with Crippen LogP contribution in [0.25, 0.3) is 0 Å². The van der Waals surface area contributed by atoms with Crippen LogP contribution in [0, 0.1) is 11.8 Å². The van der Waals surface area contributed by atoms with Crippen LogP contribution in [0.2, 0.25) is 0 Å². The Morgan fingerprint density at radius 3 is 2.39 bits per heavy atom. The molecule has 0 heterocycles. The van der Waals surface area contributed by atoms with Crippen LogP contribution in [0.5, 0.6) is 0 Å². The van der Waals surface area contributed by atoms with Gasteiger partial charge in [-0.1, -0.05) is 24.0 Å². The molecule has 1 amide bonds. The molecule has 0 unspecified atom stereocenters. The van der Waals surface area contributed by atoms with E-state index in [1.54, 1.807) is 6.92 Å². The topological polar surface area (TPSA) is 46.2 Å². The maximum absolute atomic E-state index is 10.9. The molecule has 0 aliphatic heterocycles. The van der Waals surface area contributed by atoms with E-state index in [2.05, 4.69) is 17.2 Å². The summed E-state index contributed by atoms with van der Waals surface area (Å²) in [7, 11) is 0. The highest BCUT2D eigenvalue weighted by atomic mass is 16.1. The summed E-state index contributed by atoms with van der Waals surface area (Å²) in [5.41, 5.74) is 1.93.